The van der Waals surface area contributed by atoms with Crippen molar-refractivity contribution in [1.29, 1.82) is 0 Å². The van der Waals surface area contributed by atoms with E-state index in [1.54, 1.807) is 54.4 Å². The molecule has 1 aromatic heterocycles. The standard InChI is InChI=1S/C31H35FN6O4S/c1-36-14-16-38(17-15-36)20-28(39)37(2)25-11-9-24(10-12-25)34-30(22-6-4-21(5-7-22)19-33-43(3,41)42)29-26-13-8-23(32)18-27(26)35-31(29)40/h4-13,18,33,35,40H,14-17,19-20H2,1-3H3. The number of sulfonamides is 1. The number of hydrogen-bond donors (Lipinski definition) is 3. The molecule has 3 N–H and O–H groups in total. The van der Waals surface area contributed by atoms with Crippen molar-refractivity contribution >= 4 is 43.9 Å². The van der Waals surface area contributed by atoms with Crippen molar-refractivity contribution in [3.05, 3.63) is 89.2 Å². The van der Waals surface area contributed by atoms with Gasteiger partial charge in [0.25, 0.3) is 0 Å². The number of carbonyl (C=O) groups is 1. The lowest BCUT2D eigenvalue weighted by Crippen LogP contribution is -2.48. The number of likely N-dealkylation sites (N-methyl/N-ethyl adjacent to an activating group) is 2. The number of carbonyl (C=O) groups excluding carboxylic acids is 1. The Morgan fingerprint density at radius 3 is 2.37 bits per heavy atom. The van der Waals surface area contributed by atoms with Gasteiger partial charge in [-0.2, -0.15) is 0 Å². The number of hydrogen-bond acceptors (Lipinski definition) is 7. The summed E-state index contributed by atoms with van der Waals surface area (Å²) < 4.78 is 39.4. The van der Waals surface area contributed by atoms with Crippen molar-refractivity contribution in [3.63, 3.8) is 0 Å². The monoisotopic (exact) mass is 606 g/mol. The largest absolute Gasteiger partial charge is 0.494 e. The van der Waals surface area contributed by atoms with Crippen molar-refractivity contribution in [3.8, 4) is 5.88 Å². The number of amides is 1. The summed E-state index contributed by atoms with van der Waals surface area (Å²) in [6.07, 6.45) is 1.10. The van der Waals surface area contributed by atoms with Gasteiger partial charge in [-0.15, -0.1) is 0 Å². The first-order chi connectivity index (χ1) is 20.5. The topological polar surface area (TPSA) is 121 Å². The molecule has 0 radical (unpaired) electrons. The molecule has 1 aliphatic rings. The third-order valence-corrected chi connectivity index (χ3v) is 8.22. The van der Waals surface area contributed by atoms with Crippen molar-refractivity contribution < 1.29 is 22.7 Å². The zero-order valence-electron chi connectivity index (χ0n) is 24.3. The molecule has 1 aliphatic heterocycles. The van der Waals surface area contributed by atoms with Gasteiger partial charge in [0.1, 0.15) is 5.82 Å². The molecule has 0 aliphatic carbocycles. The summed E-state index contributed by atoms with van der Waals surface area (Å²) >= 11 is 0. The quantitative estimate of drug-likeness (QED) is 0.251. The maximum absolute atomic E-state index is 13.9. The summed E-state index contributed by atoms with van der Waals surface area (Å²) in [5, 5.41) is 11.5. The van der Waals surface area contributed by atoms with E-state index >= 15 is 0 Å². The average molecular weight is 607 g/mol. The summed E-state index contributed by atoms with van der Waals surface area (Å²) in [5.74, 6) is -0.598. The molecule has 1 saturated heterocycles. The van der Waals surface area contributed by atoms with Gasteiger partial charge in [0.15, 0.2) is 5.88 Å². The number of nitrogens with one attached hydrogen (secondary N) is 2. The molecule has 0 saturated carbocycles. The van der Waals surface area contributed by atoms with Gasteiger partial charge in [0.2, 0.25) is 15.9 Å². The van der Waals surface area contributed by atoms with E-state index in [-0.39, 0.29) is 18.3 Å². The van der Waals surface area contributed by atoms with Crippen molar-refractivity contribution in [2.45, 2.75) is 6.54 Å². The van der Waals surface area contributed by atoms with Crippen LogP contribution >= 0.6 is 0 Å². The molecule has 226 valence electrons. The number of anilines is 1. The lowest BCUT2D eigenvalue weighted by Gasteiger charge is -2.32. The number of aromatic amines is 1. The number of nitrogens with zero attached hydrogens (tertiary/aromatic N) is 4. The Morgan fingerprint density at radius 2 is 1.72 bits per heavy atom. The number of H-pyrrole nitrogens is 1. The predicted octanol–water partition coefficient (Wildman–Crippen LogP) is 3.44. The maximum Gasteiger partial charge on any atom is 0.240 e. The summed E-state index contributed by atoms with van der Waals surface area (Å²) in [6, 6.07) is 18.6. The molecule has 1 amide bonds. The highest BCUT2D eigenvalue weighted by molar-refractivity contribution is 7.88. The van der Waals surface area contributed by atoms with Gasteiger partial charge in [-0.3, -0.25) is 9.69 Å². The maximum atomic E-state index is 13.9. The second-order valence-corrected chi connectivity index (χ2v) is 12.7. The first-order valence-corrected chi connectivity index (χ1v) is 15.8. The minimum Gasteiger partial charge on any atom is -0.494 e. The summed E-state index contributed by atoms with van der Waals surface area (Å²) in [6.45, 7) is 4.07. The molecule has 0 bridgehead atoms. The van der Waals surface area contributed by atoms with Crippen LogP contribution in [0.15, 0.2) is 71.7 Å². The van der Waals surface area contributed by atoms with Crippen LogP contribution in [0, 0.1) is 5.82 Å². The van der Waals surface area contributed by atoms with Crippen LogP contribution in [0.2, 0.25) is 0 Å². The molecule has 10 nitrogen and oxygen atoms in total. The number of fused-ring (bicyclic) bond motifs is 1. The third-order valence-electron chi connectivity index (χ3n) is 7.55. The van der Waals surface area contributed by atoms with E-state index in [4.69, 9.17) is 4.99 Å². The summed E-state index contributed by atoms with van der Waals surface area (Å²) in [4.78, 5) is 26.7. The predicted molar refractivity (Wildman–Crippen MR) is 167 cm³/mol. The molecule has 12 heteroatoms. The van der Waals surface area contributed by atoms with E-state index in [1.165, 1.54) is 12.1 Å². The van der Waals surface area contributed by atoms with Gasteiger partial charge >= 0.3 is 0 Å². The van der Waals surface area contributed by atoms with Crippen molar-refractivity contribution in [2.24, 2.45) is 4.99 Å². The SMILES string of the molecule is CN1CCN(CC(=O)N(C)c2ccc(N=C(c3ccc(CNS(C)(=O)=O)cc3)c3c(O)[nH]c4cc(F)ccc34)cc2)CC1. The first-order valence-electron chi connectivity index (χ1n) is 13.9. The summed E-state index contributed by atoms with van der Waals surface area (Å²) in [5.41, 5.74) is 3.97. The molecule has 5 rings (SSSR count). The van der Waals surface area contributed by atoms with E-state index in [9.17, 15) is 22.7 Å². The van der Waals surface area contributed by atoms with Crippen molar-refractivity contribution in [2.75, 3.05) is 58.0 Å². The molecule has 0 spiro atoms. The Hall–Kier alpha value is -4.10. The number of aliphatic imine (C=N–C) groups is 1. The Morgan fingerprint density at radius 1 is 1.05 bits per heavy atom. The highest BCUT2D eigenvalue weighted by atomic mass is 32.2. The number of aromatic nitrogens is 1. The highest BCUT2D eigenvalue weighted by Gasteiger charge is 2.21. The first kappa shape index (κ1) is 30.4. The van der Waals surface area contributed by atoms with Crippen molar-refractivity contribution in [1.82, 2.24) is 19.5 Å². The van der Waals surface area contributed by atoms with Gasteiger partial charge in [0, 0.05) is 56.4 Å². The molecule has 3 aromatic carbocycles. The smallest absolute Gasteiger partial charge is 0.240 e. The van der Waals surface area contributed by atoms with Gasteiger partial charge in [-0.25, -0.2) is 22.5 Å². The second-order valence-electron chi connectivity index (χ2n) is 10.8. The molecule has 43 heavy (non-hydrogen) atoms. The molecule has 0 atom stereocenters. The van der Waals surface area contributed by atoms with Crippen LogP contribution in [0.1, 0.15) is 16.7 Å². The Balaban J connectivity index is 1.44. The van der Waals surface area contributed by atoms with Crippen LogP contribution in [0.4, 0.5) is 15.8 Å². The van der Waals surface area contributed by atoms with Gasteiger partial charge < -0.3 is 19.9 Å². The number of halogens is 1. The number of benzene rings is 3. The van der Waals surface area contributed by atoms with E-state index in [0.29, 0.717) is 40.0 Å². The number of aromatic hydroxyl groups is 1. The zero-order chi connectivity index (χ0) is 30.7. The molecule has 1 fully saturated rings. The molecular weight excluding hydrogens is 571 g/mol. The molecule has 2 heterocycles. The van der Waals surface area contributed by atoms with Gasteiger partial charge in [-0.05, 0) is 55.1 Å². The average Bonchev–Trinajstić information content (AvgIpc) is 3.30. The van der Waals surface area contributed by atoms with Crippen LogP contribution in [0.25, 0.3) is 10.9 Å². The van der Waals surface area contributed by atoms with Crippen LogP contribution in [-0.2, 0) is 21.4 Å². The normalized spacial score (nSPS) is 15.2. The highest BCUT2D eigenvalue weighted by Crippen LogP contribution is 2.32. The van der Waals surface area contributed by atoms with Crippen LogP contribution < -0.4 is 9.62 Å². The van der Waals surface area contributed by atoms with Crippen LogP contribution in [0.3, 0.4) is 0 Å². The fourth-order valence-electron chi connectivity index (χ4n) is 4.98. The Bertz CT molecular complexity index is 1750. The number of piperazine rings is 1. The Labute approximate surface area is 250 Å². The fraction of sp³-hybridized carbons (Fsp3) is 0.290. The lowest BCUT2D eigenvalue weighted by atomic mass is 9.99. The number of rotatable bonds is 9. The van der Waals surface area contributed by atoms with E-state index in [0.717, 1.165) is 43.7 Å². The molecular formula is C31H35FN6O4S. The fourth-order valence-corrected chi connectivity index (χ4v) is 5.41. The van der Waals surface area contributed by atoms with E-state index in [2.05, 4.69) is 26.6 Å². The third kappa shape index (κ3) is 7.46. The van der Waals surface area contributed by atoms with E-state index in [1.807, 2.05) is 12.1 Å². The van der Waals surface area contributed by atoms with Gasteiger partial charge in [0.05, 0.1) is 35.3 Å². The minimum atomic E-state index is -3.35. The molecule has 0 unspecified atom stereocenters. The van der Waals surface area contributed by atoms with Gasteiger partial charge in [-0.1, -0.05) is 24.3 Å². The Kier molecular flexibility index (Phi) is 8.92. The van der Waals surface area contributed by atoms with Crippen LogP contribution in [-0.4, -0.2) is 93.0 Å². The lowest BCUT2D eigenvalue weighted by molar-refractivity contribution is -0.119. The molecule has 4 aromatic rings. The van der Waals surface area contributed by atoms with E-state index < -0.39 is 15.8 Å². The minimum absolute atomic E-state index is 0.00268. The second kappa shape index (κ2) is 12.6. The van der Waals surface area contributed by atoms with Crippen LogP contribution in [0.5, 0.6) is 5.88 Å². The summed E-state index contributed by atoms with van der Waals surface area (Å²) in [7, 11) is 0.480. The zero-order valence-corrected chi connectivity index (χ0v) is 25.2.